The van der Waals surface area contributed by atoms with Gasteiger partial charge in [-0.15, -0.1) is 0 Å². The summed E-state index contributed by atoms with van der Waals surface area (Å²) in [7, 11) is 1.73. The number of fused-ring (bicyclic) bond motifs is 1. The summed E-state index contributed by atoms with van der Waals surface area (Å²) >= 11 is 7.09. The van der Waals surface area contributed by atoms with Gasteiger partial charge in [-0.1, -0.05) is 35.9 Å². The van der Waals surface area contributed by atoms with E-state index in [1.807, 2.05) is 13.0 Å². The number of nitrogens with zero attached hydrogens (tertiary/aromatic N) is 1. The SMILES string of the molecule is CC[C@@H](Oc1cccc(Cl)c1)C(=O)Nc1ccc2c(c1)sc(=O)n2C. The average molecular weight is 377 g/mol. The van der Waals surface area contributed by atoms with Gasteiger partial charge in [-0.3, -0.25) is 9.59 Å². The third-order valence-corrected chi connectivity index (χ3v) is 5.03. The van der Waals surface area contributed by atoms with Crippen molar-refractivity contribution in [2.45, 2.75) is 19.4 Å². The predicted molar refractivity (Wildman–Crippen MR) is 102 cm³/mol. The standard InChI is InChI=1S/C18H17ClN2O3S/c1-3-15(24-13-6-4-5-11(19)9-13)17(22)20-12-7-8-14-16(10-12)25-18(23)21(14)2/h4-10,15H,3H2,1-2H3,(H,20,22)/t15-/m1/s1. The van der Waals surface area contributed by atoms with E-state index in [9.17, 15) is 9.59 Å². The lowest BCUT2D eigenvalue weighted by molar-refractivity contribution is -0.122. The van der Waals surface area contributed by atoms with Crippen LogP contribution in [0.4, 0.5) is 5.69 Å². The van der Waals surface area contributed by atoms with Gasteiger partial charge in [0.2, 0.25) is 0 Å². The van der Waals surface area contributed by atoms with Gasteiger partial charge in [0.05, 0.1) is 10.2 Å². The zero-order valence-electron chi connectivity index (χ0n) is 13.8. The number of hydrogen-bond acceptors (Lipinski definition) is 4. The van der Waals surface area contributed by atoms with Crippen molar-refractivity contribution in [1.82, 2.24) is 4.57 Å². The topological polar surface area (TPSA) is 60.3 Å². The van der Waals surface area contributed by atoms with Gasteiger partial charge in [0.1, 0.15) is 5.75 Å². The molecule has 0 aliphatic carbocycles. The Bertz CT molecular complexity index is 980. The van der Waals surface area contributed by atoms with Crippen LogP contribution >= 0.6 is 22.9 Å². The molecule has 0 aliphatic heterocycles. The summed E-state index contributed by atoms with van der Waals surface area (Å²) in [5, 5.41) is 3.40. The van der Waals surface area contributed by atoms with Gasteiger partial charge >= 0.3 is 4.87 Å². The summed E-state index contributed by atoms with van der Waals surface area (Å²) in [5.41, 5.74) is 1.47. The van der Waals surface area contributed by atoms with Gasteiger partial charge in [0.25, 0.3) is 5.91 Å². The number of carbonyl (C=O) groups is 1. The van der Waals surface area contributed by atoms with E-state index in [2.05, 4.69) is 5.32 Å². The lowest BCUT2D eigenvalue weighted by atomic mass is 10.2. The monoisotopic (exact) mass is 376 g/mol. The molecule has 0 bridgehead atoms. The van der Waals surface area contributed by atoms with Gasteiger partial charge in [0, 0.05) is 17.8 Å². The molecular formula is C18H17ClN2O3S. The van der Waals surface area contributed by atoms with Gasteiger partial charge in [0.15, 0.2) is 6.10 Å². The Balaban J connectivity index is 1.76. The minimum absolute atomic E-state index is 0.0331. The van der Waals surface area contributed by atoms with E-state index in [1.165, 1.54) is 0 Å². The van der Waals surface area contributed by atoms with E-state index in [1.54, 1.807) is 48.0 Å². The maximum atomic E-state index is 12.5. The van der Waals surface area contributed by atoms with E-state index in [-0.39, 0.29) is 10.8 Å². The van der Waals surface area contributed by atoms with Crippen LogP contribution in [0.2, 0.25) is 5.02 Å². The first-order valence-corrected chi connectivity index (χ1v) is 9.00. The molecule has 0 saturated heterocycles. The Labute approximate surface area is 153 Å². The van der Waals surface area contributed by atoms with Crippen molar-refractivity contribution in [3.63, 3.8) is 0 Å². The number of ether oxygens (including phenoxy) is 1. The van der Waals surface area contributed by atoms with Crippen LogP contribution < -0.4 is 14.9 Å². The molecule has 1 aromatic heterocycles. The average Bonchev–Trinajstić information content (AvgIpc) is 2.86. The zero-order chi connectivity index (χ0) is 18.0. The van der Waals surface area contributed by atoms with E-state index in [4.69, 9.17) is 16.3 Å². The number of thiazole rings is 1. The van der Waals surface area contributed by atoms with Crippen molar-refractivity contribution < 1.29 is 9.53 Å². The normalized spacial score (nSPS) is 12.1. The molecule has 0 saturated carbocycles. The molecule has 0 spiro atoms. The first kappa shape index (κ1) is 17.5. The largest absolute Gasteiger partial charge is 0.481 e. The molecule has 3 rings (SSSR count). The van der Waals surface area contributed by atoms with Gasteiger partial charge in [-0.2, -0.15) is 0 Å². The maximum Gasteiger partial charge on any atom is 0.307 e. The Morgan fingerprint density at radius 3 is 2.84 bits per heavy atom. The van der Waals surface area contributed by atoms with Crippen LogP contribution in [-0.2, 0) is 11.8 Å². The molecule has 130 valence electrons. The highest BCUT2D eigenvalue weighted by Gasteiger charge is 2.19. The summed E-state index contributed by atoms with van der Waals surface area (Å²) in [6.07, 6.45) is -0.122. The zero-order valence-corrected chi connectivity index (χ0v) is 15.4. The summed E-state index contributed by atoms with van der Waals surface area (Å²) in [6.45, 7) is 1.88. The van der Waals surface area contributed by atoms with Crippen LogP contribution in [0.25, 0.3) is 10.2 Å². The van der Waals surface area contributed by atoms with Crippen LogP contribution in [0.5, 0.6) is 5.75 Å². The molecule has 3 aromatic rings. The first-order valence-electron chi connectivity index (χ1n) is 7.80. The number of hydrogen-bond donors (Lipinski definition) is 1. The summed E-state index contributed by atoms with van der Waals surface area (Å²) in [5.74, 6) is 0.302. The number of rotatable bonds is 5. The van der Waals surface area contributed by atoms with Crippen LogP contribution in [0.1, 0.15) is 13.3 Å². The molecule has 5 nitrogen and oxygen atoms in total. The highest BCUT2D eigenvalue weighted by atomic mass is 35.5. The molecule has 1 N–H and O–H groups in total. The number of benzene rings is 2. The van der Waals surface area contributed by atoms with E-state index in [0.29, 0.717) is 22.9 Å². The van der Waals surface area contributed by atoms with Crippen molar-refractivity contribution >= 4 is 44.7 Å². The Morgan fingerprint density at radius 1 is 1.32 bits per heavy atom. The molecular weight excluding hydrogens is 360 g/mol. The second-order valence-corrected chi connectivity index (χ2v) is 7.00. The Kier molecular flexibility index (Phi) is 5.11. The first-order chi connectivity index (χ1) is 12.0. The number of amides is 1. The van der Waals surface area contributed by atoms with E-state index < -0.39 is 6.10 Å². The van der Waals surface area contributed by atoms with E-state index >= 15 is 0 Å². The Hall–Kier alpha value is -2.31. The lowest BCUT2D eigenvalue weighted by Crippen LogP contribution is -2.32. The molecule has 0 radical (unpaired) electrons. The van der Waals surface area contributed by atoms with Crippen molar-refractivity contribution in [3.05, 3.63) is 57.2 Å². The van der Waals surface area contributed by atoms with Crippen molar-refractivity contribution in [2.75, 3.05) is 5.32 Å². The summed E-state index contributed by atoms with van der Waals surface area (Å²) in [6, 6.07) is 12.3. The molecule has 1 atom stereocenters. The van der Waals surface area contributed by atoms with Crippen LogP contribution in [-0.4, -0.2) is 16.6 Å². The molecule has 1 heterocycles. The smallest absolute Gasteiger partial charge is 0.307 e. The summed E-state index contributed by atoms with van der Waals surface area (Å²) in [4.78, 5) is 24.2. The van der Waals surface area contributed by atoms with Crippen LogP contribution in [0, 0.1) is 0 Å². The van der Waals surface area contributed by atoms with Gasteiger partial charge in [-0.25, -0.2) is 0 Å². The fraction of sp³-hybridized carbons (Fsp3) is 0.222. The third kappa shape index (κ3) is 3.86. The number of anilines is 1. The second kappa shape index (κ2) is 7.29. The molecule has 0 unspecified atom stereocenters. The predicted octanol–water partition coefficient (Wildman–Crippen LogP) is 4.05. The maximum absolute atomic E-state index is 12.5. The van der Waals surface area contributed by atoms with Crippen molar-refractivity contribution in [2.24, 2.45) is 7.05 Å². The number of halogens is 1. The minimum atomic E-state index is -0.635. The molecule has 0 aliphatic rings. The van der Waals surface area contributed by atoms with Crippen molar-refractivity contribution in [3.8, 4) is 5.75 Å². The highest BCUT2D eigenvalue weighted by molar-refractivity contribution is 7.16. The van der Waals surface area contributed by atoms with Crippen LogP contribution in [0.3, 0.4) is 0 Å². The van der Waals surface area contributed by atoms with Crippen LogP contribution in [0.15, 0.2) is 47.3 Å². The van der Waals surface area contributed by atoms with Crippen molar-refractivity contribution in [1.29, 1.82) is 0 Å². The van der Waals surface area contributed by atoms with Gasteiger partial charge < -0.3 is 14.6 Å². The molecule has 2 aromatic carbocycles. The molecule has 1 amide bonds. The Morgan fingerprint density at radius 2 is 2.12 bits per heavy atom. The fourth-order valence-corrected chi connectivity index (χ4v) is 3.56. The summed E-state index contributed by atoms with van der Waals surface area (Å²) < 4.78 is 8.16. The molecule has 0 fully saturated rings. The van der Waals surface area contributed by atoms with Gasteiger partial charge in [-0.05, 0) is 42.8 Å². The quantitative estimate of drug-likeness (QED) is 0.730. The molecule has 25 heavy (non-hydrogen) atoms. The number of aromatic nitrogens is 1. The van der Waals surface area contributed by atoms with E-state index in [0.717, 1.165) is 21.6 Å². The third-order valence-electron chi connectivity index (χ3n) is 3.80. The number of aryl methyl sites for hydroxylation is 1. The lowest BCUT2D eigenvalue weighted by Gasteiger charge is -2.17. The number of nitrogens with one attached hydrogen (secondary N) is 1. The second-order valence-electron chi connectivity index (χ2n) is 5.57. The minimum Gasteiger partial charge on any atom is -0.481 e. The fourth-order valence-electron chi connectivity index (χ4n) is 2.46. The number of carbonyl (C=O) groups excluding carboxylic acids is 1. The highest BCUT2D eigenvalue weighted by Crippen LogP contribution is 2.23. The molecule has 7 heteroatoms.